The van der Waals surface area contributed by atoms with Crippen molar-refractivity contribution in [2.75, 3.05) is 6.54 Å². The third-order valence-electron chi connectivity index (χ3n) is 1.85. The zero-order chi connectivity index (χ0) is 10.4. The van der Waals surface area contributed by atoms with Gasteiger partial charge in [0.1, 0.15) is 0 Å². The summed E-state index contributed by atoms with van der Waals surface area (Å²) in [4.78, 5) is 10.6. The average molecular weight is 185 g/mol. The fraction of sp³-hybridized carbons (Fsp3) is 0.700. The van der Waals surface area contributed by atoms with E-state index >= 15 is 0 Å². The summed E-state index contributed by atoms with van der Waals surface area (Å²) in [5.74, 6) is -0.309. The number of rotatable bonds is 5. The van der Waals surface area contributed by atoms with E-state index in [0.717, 1.165) is 18.7 Å². The van der Waals surface area contributed by atoms with Gasteiger partial charge in [-0.15, -0.1) is 0 Å². The topological polar surface area (TPSA) is 49.3 Å². The predicted octanol–water partition coefficient (Wildman–Crippen LogP) is 2.00. The molecule has 0 fully saturated rings. The molecule has 76 valence electrons. The Morgan fingerprint density at radius 1 is 1.46 bits per heavy atom. The van der Waals surface area contributed by atoms with Crippen LogP contribution >= 0.6 is 0 Å². The van der Waals surface area contributed by atoms with Gasteiger partial charge in [0.05, 0.1) is 5.57 Å². The average Bonchev–Trinajstić information content (AvgIpc) is 2.04. The van der Waals surface area contributed by atoms with Crippen molar-refractivity contribution in [2.45, 2.75) is 34.1 Å². The normalized spacial score (nSPS) is 12.7. The van der Waals surface area contributed by atoms with E-state index in [0.29, 0.717) is 11.5 Å². The van der Waals surface area contributed by atoms with Gasteiger partial charge in [0.2, 0.25) is 0 Å². The minimum atomic E-state index is -0.840. The highest BCUT2D eigenvalue weighted by molar-refractivity contribution is 5.86. The number of carboxylic acids is 1. The lowest BCUT2D eigenvalue weighted by atomic mass is 10.1. The number of carbonyl (C=O) groups is 1. The molecule has 0 aromatic carbocycles. The van der Waals surface area contributed by atoms with Crippen LogP contribution in [0.3, 0.4) is 0 Å². The van der Waals surface area contributed by atoms with Gasteiger partial charge >= 0.3 is 5.97 Å². The van der Waals surface area contributed by atoms with Crippen molar-refractivity contribution >= 4 is 5.97 Å². The molecule has 0 saturated heterocycles. The molecule has 0 aromatic rings. The van der Waals surface area contributed by atoms with Crippen molar-refractivity contribution in [3.8, 4) is 0 Å². The molecule has 0 aliphatic rings. The first-order valence-electron chi connectivity index (χ1n) is 4.65. The van der Waals surface area contributed by atoms with Crippen LogP contribution in [-0.2, 0) is 4.79 Å². The second kappa shape index (κ2) is 5.62. The molecule has 0 aliphatic carbocycles. The number of allylic oxidation sites excluding steroid dienone is 1. The maximum atomic E-state index is 10.6. The highest BCUT2D eigenvalue weighted by atomic mass is 16.4. The largest absolute Gasteiger partial charge is 0.478 e. The molecule has 2 N–H and O–H groups in total. The molecule has 0 amide bonds. The molecule has 0 aromatic heterocycles. The van der Waals surface area contributed by atoms with Crippen LogP contribution in [0, 0.1) is 5.92 Å². The molecular formula is C10H19NO2. The van der Waals surface area contributed by atoms with Gasteiger partial charge in [-0.25, -0.2) is 4.79 Å². The Morgan fingerprint density at radius 2 is 2.00 bits per heavy atom. The van der Waals surface area contributed by atoms with Crippen LogP contribution in [0.5, 0.6) is 0 Å². The molecule has 0 aliphatic heterocycles. The summed E-state index contributed by atoms with van der Waals surface area (Å²) >= 11 is 0. The summed E-state index contributed by atoms with van der Waals surface area (Å²) in [5.41, 5.74) is 1.25. The van der Waals surface area contributed by atoms with Crippen LogP contribution in [0.25, 0.3) is 0 Å². The SMILES string of the molecule is CCC(NCC(C)C)=C(C)C(=O)O. The lowest BCUT2D eigenvalue weighted by Crippen LogP contribution is -2.21. The maximum Gasteiger partial charge on any atom is 0.333 e. The Bertz CT molecular complexity index is 207. The third-order valence-corrected chi connectivity index (χ3v) is 1.85. The summed E-state index contributed by atoms with van der Waals surface area (Å²) in [5, 5.41) is 11.9. The van der Waals surface area contributed by atoms with Crippen molar-refractivity contribution in [3.05, 3.63) is 11.3 Å². The van der Waals surface area contributed by atoms with Gasteiger partial charge in [0.25, 0.3) is 0 Å². The van der Waals surface area contributed by atoms with Crippen molar-refractivity contribution in [3.63, 3.8) is 0 Å². The van der Waals surface area contributed by atoms with Gasteiger partial charge in [-0.2, -0.15) is 0 Å². The van der Waals surface area contributed by atoms with Crippen LogP contribution in [0.2, 0.25) is 0 Å². The zero-order valence-corrected chi connectivity index (χ0v) is 8.85. The molecule has 0 heterocycles. The van der Waals surface area contributed by atoms with Crippen LogP contribution in [0.15, 0.2) is 11.3 Å². The van der Waals surface area contributed by atoms with E-state index in [2.05, 4.69) is 19.2 Å². The van der Waals surface area contributed by atoms with Gasteiger partial charge in [0, 0.05) is 12.2 Å². The highest BCUT2D eigenvalue weighted by Gasteiger charge is 2.07. The first-order valence-corrected chi connectivity index (χ1v) is 4.65. The minimum Gasteiger partial charge on any atom is -0.478 e. The number of hydrogen-bond acceptors (Lipinski definition) is 2. The highest BCUT2D eigenvalue weighted by Crippen LogP contribution is 2.05. The first-order chi connectivity index (χ1) is 5.99. The lowest BCUT2D eigenvalue weighted by Gasteiger charge is -2.12. The molecule has 0 spiro atoms. The van der Waals surface area contributed by atoms with Gasteiger partial charge in [-0.3, -0.25) is 0 Å². The van der Waals surface area contributed by atoms with Gasteiger partial charge in [-0.1, -0.05) is 20.8 Å². The van der Waals surface area contributed by atoms with E-state index < -0.39 is 5.97 Å². The van der Waals surface area contributed by atoms with Gasteiger partial charge < -0.3 is 10.4 Å². The van der Waals surface area contributed by atoms with E-state index in [-0.39, 0.29) is 0 Å². The molecule has 0 rings (SSSR count). The van der Waals surface area contributed by atoms with Crippen molar-refractivity contribution in [1.82, 2.24) is 5.32 Å². The Balaban J connectivity index is 4.32. The Hall–Kier alpha value is -0.990. The van der Waals surface area contributed by atoms with E-state index in [9.17, 15) is 4.79 Å². The number of aliphatic carboxylic acids is 1. The van der Waals surface area contributed by atoms with E-state index in [4.69, 9.17) is 5.11 Å². The Labute approximate surface area is 79.8 Å². The Kier molecular flexibility index (Phi) is 5.19. The fourth-order valence-corrected chi connectivity index (χ4v) is 0.979. The van der Waals surface area contributed by atoms with Crippen molar-refractivity contribution < 1.29 is 9.90 Å². The van der Waals surface area contributed by atoms with E-state index in [1.807, 2.05) is 6.92 Å². The number of carboxylic acid groups (broad SMARTS) is 1. The summed E-state index contributed by atoms with van der Waals surface area (Å²) in [7, 11) is 0. The summed E-state index contributed by atoms with van der Waals surface area (Å²) in [6, 6.07) is 0. The zero-order valence-electron chi connectivity index (χ0n) is 8.85. The molecule has 0 radical (unpaired) electrons. The maximum absolute atomic E-state index is 10.6. The fourth-order valence-electron chi connectivity index (χ4n) is 0.979. The standard InChI is InChI=1S/C10H19NO2/c1-5-9(8(4)10(12)13)11-6-7(2)3/h7,11H,5-6H2,1-4H3,(H,12,13). The smallest absolute Gasteiger partial charge is 0.333 e. The second-order valence-corrected chi connectivity index (χ2v) is 3.54. The molecule has 3 nitrogen and oxygen atoms in total. The number of nitrogens with one attached hydrogen (secondary N) is 1. The van der Waals surface area contributed by atoms with Crippen LogP contribution in [0.1, 0.15) is 34.1 Å². The van der Waals surface area contributed by atoms with Crippen molar-refractivity contribution in [2.24, 2.45) is 5.92 Å². The predicted molar refractivity (Wildman–Crippen MR) is 53.5 cm³/mol. The van der Waals surface area contributed by atoms with Gasteiger partial charge in [0.15, 0.2) is 0 Å². The molecule has 0 bridgehead atoms. The van der Waals surface area contributed by atoms with Crippen LogP contribution < -0.4 is 5.32 Å². The van der Waals surface area contributed by atoms with Crippen LogP contribution in [-0.4, -0.2) is 17.6 Å². The molecule has 0 unspecified atom stereocenters. The third kappa shape index (κ3) is 4.55. The molecule has 0 saturated carbocycles. The van der Waals surface area contributed by atoms with Crippen LogP contribution in [0.4, 0.5) is 0 Å². The van der Waals surface area contributed by atoms with Crippen molar-refractivity contribution in [1.29, 1.82) is 0 Å². The summed E-state index contributed by atoms with van der Waals surface area (Å²) in [6.45, 7) is 8.60. The monoisotopic (exact) mass is 185 g/mol. The Morgan fingerprint density at radius 3 is 2.31 bits per heavy atom. The lowest BCUT2D eigenvalue weighted by molar-refractivity contribution is -0.132. The van der Waals surface area contributed by atoms with Gasteiger partial charge in [-0.05, 0) is 19.3 Å². The number of hydrogen-bond donors (Lipinski definition) is 2. The quantitative estimate of drug-likeness (QED) is 0.644. The van der Waals surface area contributed by atoms with E-state index in [1.54, 1.807) is 6.92 Å². The minimum absolute atomic E-state index is 0.420. The molecule has 3 heteroatoms. The molecule has 0 atom stereocenters. The molecule has 13 heavy (non-hydrogen) atoms. The van der Waals surface area contributed by atoms with E-state index in [1.165, 1.54) is 0 Å². The summed E-state index contributed by atoms with van der Waals surface area (Å²) in [6.07, 6.45) is 0.741. The first kappa shape index (κ1) is 12.0. The summed E-state index contributed by atoms with van der Waals surface area (Å²) < 4.78 is 0. The molecular weight excluding hydrogens is 166 g/mol. The second-order valence-electron chi connectivity index (χ2n) is 3.54.